The summed E-state index contributed by atoms with van der Waals surface area (Å²) in [6.07, 6.45) is -0.387. The molecule has 4 aromatic rings. The molecule has 0 bridgehead atoms. The minimum absolute atomic E-state index is 0.000327. The maximum absolute atomic E-state index is 14.1. The molecule has 0 radical (unpaired) electrons. The van der Waals surface area contributed by atoms with Gasteiger partial charge >= 0.3 is 12.1 Å². The standard InChI is InChI=1S/C32H33N5O8S2/c1-44-26-11-9-24-30(34-26)46-27(33-24)17-28(38)37-20-32(13-15-35(19-32)31(41)45-2)23-16-22(8-10-25(23)37)47(42,43)36(14-12-29(39)40)18-21-6-4-3-5-7-21/h3-11,16H,12-15,17-20H2,1-2H3,(H,39,40)/t32-/m0/s1. The number of amides is 2. The van der Waals surface area contributed by atoms with Gasteiger partial charge in [0.1, 0.15) is 15.4 Å². The van der Waals surface area contributed by atoms with E-state index in [4.69, 9.17) is 9.47 Å². The van der Waals surface area contributed by atoms with Crippen molar-refractivity contribution in [2.24, 2.45) is 0 Å². The Hall–Kier alpha value is -4.60. The maximum atomic E-state index is 14.1. The number of hydrogen-bond donors (Lipinski definition) is 1. The van der Waals surface area contributed by atoms with Crippen LogP contribution >= 0.6 is 11.3 Å². The summed E-state index contributed by atoms with van der Waals surface area (Å²) in [5.41, 5.74) is 1.81. The lowest BCUT2D eigenvalue weighted by molar-refractivity contribution is -0.137. The van der Waals surface area contributed by atoms with Crippen LogP contribution in [0.2, 0.25) is 0 Å². The molecule has 13 nitrogen and oxygen atoms in total. The van der Waals surface area contributed by atoms with Crippen molar-refractivity contribution in [3.8, 4) is 5.88 Å². The maximum Gasteiger partial charge on any atom is 0.409 e. The summed E-state index contributed by atoms with van der Waals surface area (Å²) in [4.78, 5) is 50.7. The molecule has 1 atom stereocenters. The third-order valence-electron chi connectivity index (χ3n) is 8.58. The summed E-state index contributed by atoms with van der Waals surface area (Å²) >= 11 is 1.30. The van der Waals surface area contributed by atoms with E-state index in [1.54, 1.807) is 58.3 Å². The van der Waals surface area contributed by atoms with Gasteiger partial charge in [-0.3, -0.25) is 9.59 Å². The van der Waals surface area contributed by atoms with Crippen molar-refractivity contribution in [2.45, 2.75) is 36.1 Å². The van der Waals surface area contributed by atoms with E-state index in [9.17, 15) is 27.9 Å². The number of aliphatic carboxylic acids is 1. The second-order valence-corrected chi connectivity index (χ2v) is 14.5. The van der Waals surface area contributed by atoms with Gasteiger partial charge in [0, 0.05) is 49.9 Å². The average Bonchev–Trinajstić information content (AvgIpc) is 3.77. The van der Waals surface area contributed by atoms with Gasteiger partial charge in [-0.15, -0.1) is 0 Å². The van der Waals surface area contributed by atoms with Crippen LogP contribution in [0.3, 0.4) is 0 Å². The summed E-state index contributed by atoms with van der Waals surface area (Å²) in [5.74, 6) is -0.896. The Labute approximate surface area is 275 Å². The Kier molecular flexibility index (Phi) is 8.87. The van der Waals surface area contributed by atoms with E-state index in [0.29, 0.717) is 51.0 Å². The van der Waals surface area contributed by atoms with Crippen LogP contribution in [0.15, 0.2) is 65.6 Å². The van der Waals surface area contributed by atoms with E-state index >= 15 is 0 Å². The molecule has 0 aliphatic carbocycles. The Morgan fingerprint density at radius 3 is 2.55 bits per heavy atom. The van der Waals surface area contributed by atoms with E-state index in [1.807, 2.05) is 6.07 Å². The molecule has 47 heavy (non-hydrogen) atoms. The molecule has 2 aromatic carbocycles. The van der Waals surface area contributed by atoms with Crippen LogP contribution in [0, 0.1) is 0 Å². The smallest absolute Gasteiger partial charge is 0.409 e. The van der Waals surface area contributed by atoms with Crippen LogP contribution in [-0.2, 0) is 42.7 Å². The number of sulfonamides is 1. The number of nitrogens with zero attached hydrogens (tertiary/aromatic N) is 5. The Balaban J connectivity index is 1.35. The fourth-order valence-corrected chi connectivity index (χ4v) is 8.61. The highest BCUT2D eigenvalue weighted by atomic mass is 32.2. The molecular formula is C32H33N5O8S2. The third kappa shape index (κ3) is 6.38. The van der Waals surface area contributed by atoms with Gasteiger partial charge in [0.25, 0.3) is 0 Å². The van der Waals surface area contributed by atoms with E-state index < -0.39 is 27.5 Å². The molecule has 1 saturated heterocycles. The number of hydrogen-bond acceptors (Lipinski definition) is 10. The van der Waals surface area contributed by atoms with Crippen LogP contribution in [0.25, 0.3) is 10.3 Å². The monoisotopic (exact) mass is 679 g/mol. The number of likely N-dealkylation sites (tertiary alicyclic amines) is 1. The molecule has 2 aliphatic rings. The molecule has 1 fully saturated rings. The van der Waals surface area contributed by atoms with Crippen molar-refractivity contribution in [3.63, 3.8) is 0 Å². The number of ether oxygens (including phenoxy) is 2. The number of thiazole rings is 1. The predicted octanol–water partition coefficient (Wildman–Crippen LogP) is 3.66. The first kappa shape index (κ1) is 32.3. The number of aromatic nitrogens is 2. The first-order chi connectivity index (χ1) is 22.5. The number of fused-ring (bicyclic) bond motifs is 3. The van der Waals surface area contributed by atoms with Crippen molar-refractivity contribution in [1.29, 1.82) is 0 Å². The molecule has 4 heterocycles. The molecule has 2 aromatic heterocycles. The molecule has 1 spiro atoms. The second kappa shape index (κ2) is 12.9. The van der Waals surface area contributed by atoms with E-state index in [1.165, 1.54) is 31.6 Å². The highest BCUT2D eigenvalue weighted by Crippen LogP contribution is 2.48. The van der Waals surface area contributed by atoms with E-state index in [0.717, 1.165) is 4.31 Å². The van der Waals surface area contributed by atoms with Crippen molar-refractivity contribution in [3.05, 3.63) is 76.8 Å². The molecule has 15 heteroatoms. The summed E-state index contributed by atoms with van der Waals surface area (Å²) in [7, 11) is -1.34. The number of carboxylic acid groups (broad SMARTS) is 1. The SMILES string of the molecule is COC(=O)N1CC[C@]2(C1)CN(C(=O)Cc1nc3ccc(OC)nc3s1)c1ccc(S(=O)(=O)N(CCC(=O)O)Cc3ccccc3)cc12. The van der Waals surface area contributed by atoms with Crippen LogP contribution in [-0.4, -0.2) is 91.1 Å². The Bertz CT molecular complexity index is 1950. The zero-order chi connectivity index (χ0) is 33.3. The van der Waals surface area contributed by atoms with Gasteiger partial charge in [-0.25, -0.2) is 23.2 Å². The molecule has 2 aliphatic heterocycles. The van der Waals surface area contributed by atoms with E-state index in [2.05, 4.69) is 9.97 Å². The molecule has 2 amide bonds. The second-order valence-electron chi connectivity index (χ2n) is 11.5. The van der Waals surface area contributed by atoms with Crippen molar-refractivity contribution in [1.82, 2.24) is 19.2 Å². The number of rotatable bonds is 10. The number of carbonyl (C=O) groups is 3. The number of benzene rings is 2. The van der Waals surface area contributed by atoms with E-state index in [-0.39, 0.29) is 49.8 Å². The zero-order valence-electron chi connectivity index (χ0n) is 25.8. The molecule has 246 valence electrons. The van der Waals surface area contributed by atoms with Gasteiger partial charge < -0.3 is 24.4 Å². The van der Waals surface area contributed by atoms with Crippen LogP contribution in [0.4, 0.5) is 10.5 Å². The average molecular weight is 680 g/mol. The Morgan fingerprint density at radius 1 is 1.04 bits per heavy atom. The third-order valence-corrected chi connectivity index (χ3v) is 11.4. The van der Waals surface area contributed by atoms with Gasteiger partial charge in [-0.05, 0) is 41.8 Å². The summed E-state index contributed by atoms with van der Waals surface area (Å²) in [6.45, 7) is 0.607. The highest BCUT2D eigenvalue weighted by Gasteiger charge is 2.50. The topological polar surface area (TPSA) is 160 Å². The van der Waals surface area contributed by atoms with Crippen molar-refractivity contribution < 1.29 is 37.4 Å². The fraction of sp³-hybridized carbons (Fsp3) is 0.344. The fourth-order valence-electron chi connectivity index (χ4n) is 6.24. The van der Waals surface area contributed by atoms with Crippen LogP contribution < -0.4 is 9.64 Å². The largest absolute Gasteiger partial charge is 0.481 e. The van der Waals surface area contributed by atoms with Crippen molar-refractivity contribution >= 4 is 55.4 Å². The van der Waals surface area contributed by atoms with Gasteiger partial charge in [0.15, 0.2) is 0 Å². The lowest BCUT2D eigenvalue weighted by atomic mass is 9.81. The summed E-state index contributed by atoms with van der Waals surface area (Å²) < 4.78 is 39.5. The first-order valence-electron chi connectivity index (χ1n) is 14.9. The van der Waals surface area contributed by atoms with Gasteiger partial charge in [0.05, 0.1) is 32.0 Å². The molecule has 6 rings (SSSR count). The first-order valence-corrected chi connectivity index (χ1v) is 17.1. The molecular weight excluding hydrogens is 647 g/mol. The minimum atomic E-state index is -4.17. The lowest BCUT2D eigenvalue weighted by Crippen LogP contribution is -2.40. The molecule has 1 N–H and O–H groups in total. The quantitative estimate of drug-likeness (QED) is 0.262. The van der Waals surface area contributed by atoms with Crippen LogP contribution in [0.5, 0.6) is 5.88 Å². The summed E-state index contributed by atoms with van der Waals surface area (Å²) in [5, 5.41) is 9.93. The van der Waals surface area contributed by atoms with Crippen molar-refractivity contribution in [2.75, 3.05) is 45.3 Å². The van der Waals surface area contributed by atoms with Gasteiger partial charge in [-0.2, -0.15) is 4.31 Å². The number of anilines is 1. The molecule has 0 unspecified atom stereocenters. The Morgan fingerprint density at radius 2 is 1.83 bits per heavy atom. The molecule has 0 saturated carbocycles. The van der Waals surface area contributed by atoms with Gasteiger partial charge in [-0.1, -0.05) is 41.7 Å². The van der Waals surface area contributed by atoms with Gasteiger partial charge in [0.2, 0.25) is 21.8 Å². The zero-order valence-corrected chi connectivity index (χ0v) is 27.4. The number of pyridine rings is 1. The minimum Gasteiger partial charge on any atom is -0.481 e. The highest BCUT2D eigenvalue weighted by molar-refractivity contribution is 7.89. The number of carboxylic acids is 1. The number of methoxy groups -OCH3 is 2. The van der Waals surface area contributed by atoms with Crippen LogP contribution in [0.1, 0.15) is 29.0 Å². The normalized spacial score (nSPS) is 17.4. The lowest BCUT2D eigenvalue weighted by Gasteiger charge is -2.26. The number of carbonyl (C=O) groups excluding carboxylic acids is 2. The predicted molar refractivity (Wildman–Crippen MR) is 173 cm³/mol. The summed E-state index contributed by atoms with van der Waals surface area (Å²) in [6, 6.07) is 17.1.